The molecule has 0 amide bonds. The summed E-state index contributed by atoms with van der Waals surface area (Å²) in [5.74, 6) is 0.565. The molecule has 3 heteroatoms. The largest absolute Gasteiger partial charge is 0.472 e. The third-order valence-electron chi connectivity index (χ3n) is 7.18. The van der Waals surface area contributed by atoms with E-state index in [0.29, 0.717) is 12.5 Å². The lowest BCUT2D eigenvalue weighted by atomic mass is 10.0. The molecule has 0 unspecified atom stereocenters. The number of hydrogen-bond acceptors (Lipinski definition) is 3. The summed E-state index contributed by atoms with van der Waals surface area (Å²) in [5.41, 5.74) is 5.96. The summed E-state index contributed by atoms with van der Waals surface area (Å²) in [6.07, 6.45) is 23.4. The summed E-state index contributed by atoms with van der Waals surface area (Å²) in [5, 5.41) is 0. The number of rotatable bonds is 19. The van der Waals surface area contributed by atoms with Crippen LogP contribution in [-0.4, -0.2) is 9.97 Å². The number of aromatic nitrogens is 2. The Labute approximate surface area is 226 Å². The molecule has 1 heterocycles. The van der Waals surface area contributed by atoms with Crippen molar-refractivity contribution in [1.82, 2.24) is 9.97 Å². The Morgan fingerprint density at radius 1 is 0.514 bits per heavy atom. The van der Waals surface area contributed by atoms with Gasteiger partial charge in [-0.25, -0.2) is 9.97 Å². The van der Waals surface area contributed by atoms with Crippen LogP contribution in [0.4, 0.5) is 0 Å². The lowest BCUT2D eigenvalue weighted by Gasteiger charge is -2.08. The highest BCUT2D eigenvalue weighted by atomic mass is 16.5. The van der Waals surface area contributed by atoms with Crippen molar-refractivity contribution in [2.45, 2.75) is 117 Å². The van der Waals surface area contributed by atoms with Gasteiger partial charge in [0.2, 0.25) is 5.88 Å². The molecule has 200 valence electrons. The highest BCUT2D eigenvalue weighted by Gasteiger charge is 2.04. The maximum atomic E-state index is 5.89. The second-order valence-electron chi connectivity index (χ2n) is 10.4. The molecule has 0 aliphatic heterocycles. The molecule has 1 aromatic heterocycles. The molecule has 0 aliphatic carbocycles. The van der Waals surface area contributed by atoms with E-state index in [9.17, 15) is 0 Å². The number of benzene rings is 2. The Hall–Kier alpha value is -2.68. The van der Waals surface area contributed by atoms with Crippen LogP contribution in [0.3, 0.4) is 0 Å². The monoisotopic (exact) mass is 500 g/mol. The summed E-state index contributed by atoms with van der Waals surface area (Å²) in [6.45, 7) is 5.05. The number of hydrogen-bond donors (Lipinski definition) is 0. The van der Waals surface area contributed by atoms with Crippen LogP contribution in [0.2, 0.25) is 0 Å². The zero-order chi connectivity index (χ0) is 26.0. The molecule has 0 atom stereocenters. The molecule has 0 radical (unpaired) electrons. The van der Waals surface area contributed by atoms with Crippen LogP contribution >= 0.6 is 0 Å². The first-order valence-corrected chi connectivity index (χ1v) is 14.9. The minimum Gasteiger partial charge on any atom is -0.472 e. The summed E-state index contributed by atoms with van der Waals surface area (Å²) >= 11 is 0. The lowest BCUT2D eigenvalue weighted by molar-refractivity contribution is 0.292. The molecule has 3 rings (SSSR count). The number of aryl methyl sites for hydroxylation is 2. The van der Waals surface area contributed by atoms with E-state index in [-0.39, 0.29) is 0 Å². The van der Waals surface area contributed by atoms with Gasteiger partial charge in [0.1, 0.15) is 6.61 Å². The minimum atomic E-state index is 0.513. The molecule has 0 saturated heterocycles. The third kappa shape index (κ3) is 11.5. The fraction of sp³-hybridized carbons (Fsp3) is 0.529. The Kier molecular flexibility index (Phi) is 13.8. The van der Waals surface area contributed by atoms with Gasteiger partial charge in [-0.15, -0.1) is 0 Å². The van der Waals surface area contributed by atoms with Crippen molar-refractivity contribution in [3.63, 3.8) is 0 Å². The Morgan fingerprint density at radius 2 is 1.00 bits per heavy atom. The first kappa shape index (κ1) is 28.9. The predicted octanol–water partition coefficient (Wildman–Crippen LogP) is 9.92. The SMILES string of the molecule is CCCCCCCCCc1ccc(-c2cnc(OCc3ccc(CCCCCCCC)cc3)cn2)cc1. The van der Waals surface area contributed by atoms with E-state index in [4.69, 9.17) is 4.74 Å². The van der Waals surface area contributed by atoms with Gasteiger partial charge >= 0.3 is 0 Å². The van der Waals surface area contributed by atoms with E-state index in [0.717, 1.165) is 23.2 Å². The van der Waals surface area contributed by atoms with E-state index in [1.807, 2.05) is 6.20 Å². The van der Waals surface area contributed by atoms with Crippen molar-refractivity contribution < 1.29 is 4.74 Å². The van der Waals surface area contributed by atoms with Crippen molar-refractivity contribution in [3.8, 4) is 17.1 Å². The molecule has 37 heavy (non-hydrogen) atoms. The van der Waals surface area contributed by atoms with Gasteiger partial charge in [-0.2, -0.15) is 0 Å². The minimum absolute atomic E-state index is 0.513. The van der Waals surface area contributed by atoms with Gasteiger partial charge in [0, 0.05) is 5.56 Å². The smallest absolute Gasteiger partial charge is 0.232 e. The zero-order valence-corrected chi connectivity index (χ0v) is 23.4. The second-order valence-corrected chi connectivity index (χ2v) is 10.4. The third-order valence-corrected chi connectivity index (χ3v) is 7.18. The Bertz CT molecular complexity index is 964. The lowest BCUT2D eigenvalue weighted by Crippen LogP contribution is -1.99. The maximum absolute atomic E-state index is 5.89. The van der Waals surface area contributed by atoms with E-state index in [1.165, 1.54) is 101 Å². The van der Waals surface area contributed by atoms with Crippen LogP contribution in [0.15, 0.2) is 60.9 Å². The van der Waals surface area contributed by atoms with Crippen molar-refractivity contribution >= 4 is 0 Å². The highest BCUT2D eigenvalue weighted by Crippen LogP contribution is 2.20. The molecule has 0 bridgehead atoms. The number of unbranched alkanes of at least 4 members (excludes halogenated alkanes) is 11. The van der Waals surface area contributed by atoms with Crippen molar-refractivity contribution in [1.29, 1.82) is 0 Å². The molecule has 0 N–H and O–H groups in total. The fourth-order valence-corrected chi connectivity index (χ4v) is 4.74. The van der Waals surface area contributed by atoms with Gasteiger partial charge in [-0.1, -0.05) is 133 Å². The molecule has 0 fully saturated rings. The van der Waals surface area contributed by atoms with Crippen LogP contribution in [-0.2, 0) is 19.4 Å². The van der Waals surface area contributed by atoms with Crippen LogP contribution < -0.4 is 4.74 Å². The van der Waals surface area contributed by atoms with Crippen molar-refractivity contribution in [2.75, 3.05) is 0 Å². The summed E-state index contributed by atoms with van der Waals surface area (Å²) in [6, 6.07) is 17.6. The number of ether oxygens (including phenoxy) is 1. The quantitative estimate of drug-likeness (QED) is 0.154. The van der Waals surface area contributed by atoms with Gasteiger partial charge in [0.25, 0.3) is 0 Å². The molecule has 3 aromatic rings. The van der Waals surface area contributed by atoms with E-state index in [2.05, 4.69) is 72.3 Å². The maximum Gasteiger partial charge on any atom is 0.232 e. The van der Waals surface area contributed by atoms with Gasteiger partial charge in [-0.3, -0.25) is 0 Å². The first-order chi connectivity index (χ1) is 18.3. The van der Waals surface area contributed by atoms with Crippen LogP contribution in [0.5, 0.6) is 5.88 Å². The van der Waals surface area contributed by atoms with E-state index in [1.54, 1.807) is 6.20 Å². The average molecular weight is 501 g/mol. The van der Waals surface area contributed by atoms with Crippen molar-refractivity contribution in [2.24, 2.45) is 0 Å². The van der Waals surface area contributed by atoms with E-state index < -0.39 is 0 Å². The van der Waals surface area contributed by atoms with Crippen LogP contribution in [0.1, 0.15) is 114 Å². The van der Waals surface area contributed by atoms with Gasteiger partial charge in [0.15, 0.2) is 0 Å². The normalized spacial score (nSPS) is 11.1. The molecular formula is C34H48N2O. The van der Waals surface area contributed by atoms with Crippen LogP contribution in [0.25, 0.3) is 11.3 Å². The van der Waals surface area contributed by atoms with E-state index >= 15 is 0 Å². The topological polar surface area (TPSA) is 35.0 Å². The Morgan fingerprint density at radius 3 is 1.51 bits per heavy atom. The van der Waals surface area contributed by atoms with Gasteiger partial charge < -0.3 is 4.74 Å². The average Bonchev–Trinajstić information content (AvgIpc) is 2.94. The summed E-state index contributed by atoms with van der Waals surface area (Å²) < 4.78 is 5.89. The fourth-order valence-electron chi connectivity index (χ4n) is 4.74. The number of nitrogens with zero attached hydrogens (tertiary/aromatic N) is 2. The standard InChI is InChI=1S/C34H48N2O/c1-3-5-7-9-11-13-15-17-30-22-24-32(25-23-30)33-26-36-34(27-35-33)37-28-31-20-18-29(19-21-31)16-14-12-10-8-6-4-2/h18-27H,3-17,28H2,1-2H3. The molecule has 0 saturated carbocycles. The summed E-state index contributed by atoms with van der Waals surface area (Å²) in [7, 11) is 0. The predicted molar refractivity (Wildman–Crippen MR) is 157 cm³/mol. The second kappa shape index (κ2) is 17.7. The van der Waals surface area contributed by atoms with Crippen LogP contribution in [0, 0.1) is 0 Å². The molecule has 2 aromatic carbocycles. The molecule has 0 spiro atoms. The molecule has 3 nitrogen and oxygen atoms in total. The molecule has 0 aliphatic rings. The molecular weight excluding hydrogens is 452 g/mol. The Balaban J connectivity index is 1.36. The highest BCUT2D eigenvalue weighted by molar-refractivity contribution is 5.58. The van der Waals surface area contributed by atoms with Gasteiger partial charge in [-0.05, 0) is 42.4 Å². The zero-order valence-electron chi connectivity index (χ0n) is 23.4. The van der Waals surface area contributed by atoms with Crippen molar-refractivity contribution in [3.05, 3.63) is 77.6 Å². The van der Waals surface area contributed by atoms with Gasteiger partial charge in [0.05, 0.1) is 18.1 Å². The first-order valence-electron chi connectivity index (χ1n) is 14.9. The summed E-state index contributed by atoms with van der Waals surface area (Å²) in [4.78, 5) is 9.08.